The lowest BCUT2D eigenvalue weighted by Crippen LogP contribution is -2.63. The van der Waals surface area contributed by atoms with Gasteiger partial charge in [-0.1, -0.05) is 12.2 Å². The maximum atomic E-state index is 12.9. The van der Waals surface area contributed by atoms with E-state index in [1.807, 2.05) is 0 Å². The molecule has 0 aliphatic carbocycles. The molecule has 2 aliphatic heterocycles. The molecule has 0 spiro atoms. The number of benzene rings is 2. The quantitative estimate of drug-likeness (QED) is 0.0780. The summed E-state index contributed by atoms with van der Waals surface area (Å²) in [6.07, 6.45) is -5.31. The number of carbonyl (C=O) groups is 2. The zero-order valence-corrected chi connectivity index (χ0v) is 35.8. The first-order valence-corrected chi connectivity index (χ1v) is 20.1. The SMILES string of the molecule is CO[C@H]1[C@H](O)[C@H](O)[C@@H](Oc2ccc3cc(NC(=O)CC/C=C/CCC(=O)Nc4cc5ccc(O[C@H]6OC(C)(C)[C@@H](OC)[C@H](O)[C@@H]6O)c(C)c5oc4=O)c(=O)oc3c2C)OC1(C)C. The Hall–Kier alpha value is -5.18. The summed E-state index contributed by atoms with van der Waals surface area (Å²) >= 11 is 0. The van der Waals surface area contributed by atoms with E-state index in [4.69, 9.17) is 37.3 Å². The summed E-state index contributed by atoms with van der Waals surface area (Å²) < 4.78 is 45.4. The molecule has 2 aliphatic rings. The highest BCUT2D eigenvalue weighted by molar-refractivity contribution is 5.94. The Morgan fingerprint density at radius 2 is 1.02 bits per heavy atom. The molecular weight excluding hydrogens is 812 g/mol. The second kappa shape index (κ2) is 18.7. The Morgan fingerprint density at radius 1 is 0.645 bits per heavy atom. The van der Waals surface area contributed by atoms with Crippen molar-refractivity contribution in [2.75, 3.05) is 24.9 Å². The van der Waals surface area contributed by atoms with Crippen molar-refractivity contribution in [1.82, 2.24) is 0 Å². The number of anilines is 2. The van der Waals surface area contributed by atoms with E-state index < -0.39 is 83.5 Å². The molecule has 4 aromatic rings. The third-order valence-electron chi connectivity index (χ3n) is 11.1. The van der Waals surface area contributed by atoms with Crippen LogP contribution in [0, 0.1) is 13.8 Å². The van der Waals surface area contributed by atoms with Gasteiger partial charge in [0.15, 0.2) is 0 Å². The number of fused-ring (bicyclic) bond motifs is 2. The van der Waals surface area contributed by atoms with Gasteiger partial charge in [0.25, 0.3) is 0 Å². The number of hydrogen-bond acceptors (Lipinski definition) is 16. The molecular formula is C44H54N2O16. The van der Waals surface area contributed by atoms with Crippen molar-refractivity contribution >= 4 is 45.1 Å². The van der Waals surface area contributed by atoms with Crippen LogP contribution in [0.1, 0.15) is 64.5 Å². The van der Waals surface area contributed by atoms with Crippen LogP contribution in [0.25, 0.3) is 21.9 Å². The summed E-state index contributed by atoms with van der Waals surface area (Å²) in [4.78, 5) is 51.2. The first-order valence-electron chi connectivity index (χ1n) is 20.1. The Bertz CT molecular complexity index is 2270. The van der Waals surface area contributed by atoms with Gasteiger partial charge in [0, 0.05) is 49.0 Å². The molecule has 2 saturated heterocycles. The molecule has 62 heavy (non-hydrogen) atoms. The zero-order valence-electron chi connectivity index (χ0n) is 35.8. The first-order chi connectivity index (χ1) is 29.3. The number of hydrogen-bond donors (Lipinski definition) is 6. The van der Waals surface area contributed by atoms with Crippen molar-refractivity contribution in [3.05, 3.63) is 80.5 Å². The molecule has 6 N–H and O–H groups in total. The van der Waals surface area contributed by atoms with Crippen LogP contribution >= 0.6 is 0 Å². The number of amides is 2. The van der Waals surface area contributed by atoms with Gasteiger partial charge in [-0.2, -0.15) is 0 Å². The minimum atomic E-state index is -1.42. The predicted molar refractivity (Wildman–Crippen MR) is 224 cm³/mol. The lowest BCUT2D eigenvalue weighted by atomic mass is 9.89. The van der Waals surface area contributed by atoms with Crippen molar-refractivity contribution in [2.45, 2.75) is 128 Å². The highest BCUT2D eigenvalue weighted by Crippen LogP contribution is 2.37. The number of methoxy groups -OCH3 is 2. The van der Waals surface area contributed by atoms with Crippen molar-refractivity contribution < 1.29 is 67.3 Å². The first kappa shape index (κ1) is 46.3. The summed E-state index contributed by atoms with van der Waals surface area (Å²) in [5, 5.41) is 48.6. The number of aryl methyl sites for hydroxylation is 2. The van der Waals surface area contributed by atoms with E-state index in [1.54, 1.807) is 78.0 Å². The highest BCUT2D eigenvalue weighted by atomic mass is 16.7. The van der Waals surface area contributed by atoms with Gasteiger partial charge >= 0.3 is 11.3 Å². The van der Waals surface area contributed by atoms with Crippen molar-refractivity contribution in [1.29, 1.82) is 0 Å². The van der Waals surface area contributed by atoms with E-state index in [2.05, 4.69) is 10.6 Å². The topological polar surface area (TPSA) is 255 Å². The molecule has 18 heteroatoms. The summed E-state index contributed by atoms with van der Waals surface area (Å²) in [7, 11) is 2.82. The molecule has 2 fully saturated rings. The molecule has 2 aromatic heterocycles. The number of allylic oxidation sites excluding steroid dienone is 2. The second-order valence-electron chi connectivity index (χ2n) is 16.4. The van der Waals surface area contributed by atoms with Crippen molar-refractivity contribution in [3.8, 4) is 11.5 Å². The Labute approximate surface area is 356 Å². The molecule has 2 aromatic carbocycles. The number of nitrogens with one attached hydrogen (secondary N) is 2. The van der Waals surface area contributed by atoms with Gasteiger partial charge in [-0.3, -0.25) is 9.59 Å². The van der Waals surface area contributed by atoms with Gasteiger partial charge in [-0.05, 0) is 90.8 Å². The summed E-state index contributed by atoms with van der Waals surface area (Å²) in [6.45, 7) is 10.1. The normalized spacial score (nSPS) is 25.8. The van der Waals surface area contributed by atoms with E-state index in [1.165, 1.54) is 26.4 Å². The fraction of sp³-hybridized carbons (Fsp3) is 0.500. The molecule has 18 nitrogen and oxygen atoms in total. The number of carbonyl (C=O) groups excluding carboxylic acids is 2. The molecule has 0 bridgehead atoms. The molecule has 336 valence electrons. The van der Waals surface area contributed by atoms with E-state index in [9.17, 15) is 39.6 Å². The summed E-state index contributed by atoms with van der Waals surface area (Å²) in [6, 6.07) is 9.42. The van der Waals surface area contributed by atoms with Crippen molar-refractivity contribution in [3.63, 3.8) is 0 Å². The molecule has 0 unspecified atom stereocenters. The molecule has 4 heterocycles. The van der Waals surface area contributed by atoms with E-state index in [-0.39, 0.29) is 46.9 Å². The Balaban J connectivity index is 0.978. The number of ether oxygens (including phenoxy) is 6. The number of aliphatic hydroxyl groups excluding tert-OH is 4. The Morgan fingerprint density at radius 3 is 1.37 bits per heavy atom. The average Bonchev–Trinajstić information content (AvgIpc) is 3.20. The van der Waals surface area contributed by atoms with Crippen molar-refractivity contribution in [2.24, 2.45) is 0 Å². The van der Waals surface area contributed by atoms with Crippen LogP contribution in [0.4, 0.5) is 11.4 Å². The highest BCUT2D eigenvalue weighted by Gasteiger charge is 2.51. The third-order valence-corrected chi connectivity index (χ3v) is 11.1. The van der Waals surface area contributed by atoms with Crippen LogP contribution in [0.2, 0.25) is 0 Å². The minimum absolute atomic E-state index is 0.0363. The van der Waals surface area contributed by atoms with Gasteiger partial charge in [0.05, 0.1) is 11.2 Å². The maximum Gasteiger partial charge on any atom is 0.360 e. The van der Waals surface area contributed by atoms with E-state index >= 15 is 0 Å². The lowest BCUT2D eigenvalue weighted by molar-refractivity contribution is -0.306. The standard InChI is InChI=1S/C44H54N2O16/c1-21-27(57-41-33(51)31(49)37(55-7)43(3,4)61-41)17-15-23-19-25(39(53)59-35(21)23)45-29(47)13-11-9-10-12-14-30(48)46-26-20-24-16-18-28(22(2)36(24)60-40(26)54)58-42-34(52)32(50)38(56-8)44(5,6)62-42/h9-10,15-20,31-34,37-38,41-42,49-52H,11-14H2,1-8H3,(H,45,47)(H,46,48)/b10-9+/t31-,32-,33+,34+,37+,38+,41+,42+/m1/s1. The number of rotatable bonds is 14. The fourth-order valence-corrected chi connectivity index (χ4v) is 7.79. The Kier molecular flexibility index (Phi) is 13.9. The van der Waals surface area contributed by atoms with Crippen LogP contribution in [-0.4, -0.2) is 107 Å². The maximum absolute atomic E-state index is 12.9. The van der Waals surface area contributed by atoms with Gasteiger partial charge in [0.2, 0.25) is 24.4 Å². The van der Waals surface area contributed by atoms with Crippen LogP contribution in [0.5, 0.6) is 11.5 Å². The molecule has 8 atom stereocenters. The molecule has 6 rings (SSSR count). The van der Waals surface area contributed by atoms with Gasteiger partial charge in [-0.25, -0.2) is 9.59 Å². The van der Waals surface area contributed by atoms with Crippen LogP contribution in [0.3, 0.4) is 0 Å². The van der Waals surface area contributed by atoms with Crippen LogP contribution < -0.4 is 31.4 Å². The summed E-state index contributed by atoms with van der Waals surface area (Å²) in [5.74, 6) is -0.365. The summed E-state index contributed by atoms with van der Waals surface area (Å²) in [5.41, 5.74) is -2.37. The van der Waals surface area contributed by atoms with Crippen LogP contribution in [0.15, 0.2) is 67.0 Å². The fourth-order valence-electron chi connectivity index (χ4n) is 7.79. The number of aliphatic hydroxyl groups is 4. The lowest BCUT2D eigenvalue weighted by Gasteiger charge is -2.46. The van der Waals surface area contributed by atoms with Gasteiger partial charge in [0.1, 0.15) is 70.7 Å². The van der Waals surface area contributed by atoms with Crippen LogP contribution in [-0.2, 0) is 28.5 Å². The predicted octanol–water partition coefficient (Wildman–Crippen LogP) is 3.71. The van der Waals surface area contributed by atoms with Gasteiger partial charge < -0.3 is 68.3 Å². The minimum Gasteiger partial charge on any atom is -0.462 e. The van der Waals surface area contributed by atoms with E-state index in [0.29, 0.717) is 34.7 Å². The molecule has 0 radical (unpaired) electrons. The largest absolute Gasteiger partial charge is 0.462 e. The van der Waals surface area contributed by atoms with Gasteiger partial charge in [-0.15, -0.1) is 0 Å². The monoisotopic (exact) mass is 866 g/mol. The third kappa shape index (κ3) is 9.72. The zero-order chi connectivity index (χ0) is 45.3. The smallest absolute Gasteiger partial charge is 0.360 e. The molecule has 0 saturated carbocycles. The van der Waals surface area contributed by atoms with E-state index in [0.717, 1.165) is 0 Å². The average molecular weight is 867 g/mol. The molecule has 2 amide bonds. The second-order valence-corrected chi connectivity index (χ2v) is 16.4.